The zero-order chi connectivity index (χ0) is 17.3. The molecule has 24 heavy (non-hydrogen) atoms. The maximum absolute atomic E-state index is 13.3. The third-order valence-electron chi connectivity index (χ3n) is 5.51. The van der Waals surface area contributed by atoms with Crippen molar-refractivity contribution >= 4 is 17.5 Å². The SMILES string of the molecule is COC[C@H]1CC2(CCN(C(=O)c3ccc(F)c(Cl)c3)CC2)CN1C. The fourth-order valence-corrected chi connectivity index (χ4v) is 4.30. The smallest absolute Gasteiger partial charge is 0.253 e. The Balaban J connectivity index is 1.63. The van der Waals surface area contributed by atoms with Crippen LogP contribution in [0.2, 0.25) is 5.02 Å². The van der Waals surface area contributed by atoms with Crippen LogP contribution in [0.15, 0.2) is 18.2 Å². The van der Waals surface area contributed by atoms with Crippen LogP contribution >= 0.6 is 11.6 Å². The molecule has 0 bridgehead atoms. The fourth-order valence-electron chi connectivity index (χ4n) is 4.12. The number of amides is 1. The number of halogens is 2. The summed E-state index contributed by atoms with van der Waals surface area (Å²) in [6, 6.07) is 4.64. The highest BCUT2D eigenvalue weighted by atomic mass is 35.5. The molecule has 2 heterocycles. The van der Waals surface area contributed by atoms with Gasteiger partial charge in [-0.2, -0.15) is 0 Å². The van der Waals surface area contributed by atoms with E-state index in [2.05, 4.69) is 11.9 Å². The van der Waals surface area contributed by atoms with E-state index in [0.29, 0.717) is 11.6 Å². The van der Waals surface area contributed by atoms with Gasteiger partial charge < -0.3 is 14.5 Å². The molecule has 0 saturated carbocycles. The van der Waals surface area contributed by atoms with Gasteiger partial charge in [0.15, 0.2) is 0 Å². The first-order valence-electron chi connectivity index (χ1n) is 8.38. The Labute approximate surface area is 147 Å². The van der Waals surface area contributed by atoms with Crippen LogP contribution in [0.1, 0.15) is 29.6 Å². The minimum atomic E-state index is -0.496. The summed E-state index contributed by atoms with van der Waals surface area (Å²) in [5, 5.41) is -0.00541. The maximum Gasteiger partial charge on any atom is 0.253 e. The third kappa shape index (κ3) is 3.44. The first-order valence-corrected chi connectivity index (χ1v) is 8.75. The quantitative estimate of drug-likeness (QED) is 0.836. The third-order valence-corrected chi connectivity index (χ3v) is 5.80. The van der Waals surface area contributed by atoms with Crippen LogP contribution in [0.3, 0.4) is 0 Å². The summed E-state index contributed by atoms with van der Waals surface area (Å²) in [4.78, 5) is 16.8. The van der Waals surface area contributed by atoms with E-state index in [1.807, 2.05) is 4.90 Å². The second kappa shape index (κ2) is 6.98. The molecule has 132 valence electrons. The van der Waals surface area contributed by atoms with Crippen LogP contribution in [0.5, 0.6) is 0 Å². The summed E-state index contributed by atoms with van der Waals surface area (Å²) in [7, 11) is 3.89. The van der Waals surface area contributed by atoms with Gasteiger partial charge in [0.05, 0.1) is 11.6 Å². The number of piperidine rings is 1. The second-order valence-electron chi connectivity index (χ2n) is 7.15. The number of likely N-dealkylation sites (N-methyl/N-ethyl adjacent to an activating group) is 1. The number of benzene rings is 1. The Morgan fingerprint density at radius 1 is 1.42 bits per heavy atom. The average Bonchev–Trinajstić information content (AvgIpc) is 2.86. The van der Waals surface area contributed by atoms with Crippen molar-refractivity contribution in [3.63, 3.8) is 0 Å². The zero-order valence-corrected chi connectivity index (χ0v) is 15.0. The zero-order valence-electron chi connectivity index (χ0n) is 14.2. The molecule has 1 spiro atoms. The average molecular weight is 355 g/mol. The Morgan fingerprint density at radius 2 is 2.12 bits per heavy atom. The largest absolute Gasteiger partial charge is 0.383 e. The van der Waals surface area contributed by atoms with E-state index >= 15 is 0 Å². The highest BCUT2D eigenvalue weighted by molar-refractivity contribution is 6.31. The maximum atomic E-state index is 13.3. The summed E-state index contributed by atoms with van der Waals surface area (Å²) in [6.07, 6.45) is 3.12. The van der Waals surface area contributed by atoms with Crippen molar-refractivity contribution in [1.82, 2.24) is 9.80 Å². The second-order valence-corrected chi connectivity index (χ2v) is 7.56. The number of ether oxygens (including phenoxy) is 1. The van der Waals surface area contributed by atoms with E-state index in [1.165, 1.54) is 18.2 Å². The van der Waals surface area contributed by atoms with Crippen LogP contribution in [0.25, 0.3) is 0 Å². The van der Waals surface area contributed by atoms with Gasteiger partial charge in [0.25, 0.3) is 5.91 Å². The predicted molar refractivity (Wildman–Crippen MR) is 91.9 cm³/mol. The molecule has 0 aromatic heterocycles. The van der Waals surface area contributed by atoms with Gasteiger partial charge in [-0.05, 0) is 49.9 Å². The van der Waals surface area contributed by atoms with E-state index < -0.39 is 5.82 Å². The Morgan fingerprint density at radius 3 is 2.75 bits per heavy atom. The molecule has 1 amide bonds. The molecular weight excluding hydrogens is 331 g/mol. The number of carbonyl (C=O) groups excluding carboxylic acids is 1. The van der Waals surface area contributed by atoms with Crippen LogP contribution in [-0.4, -0.2) is 62.1 Å². The van der Waals surface area contributed by atoms with Crippen molar-refractivity contribution in [2.24, 2.45) is 5.41 Å². The lowest BCUT2D eigenvalue weighted by molar-refractivity contribution is 0.0592. The fraction of sp³-hybridized carbons (Fsp3) is 0.611. The van der Waals surface area contributed by atoms with Crippen LogP contribution in [-0.2, 0) is 4.74 Å². The van der Waals surface area contributed by atoms with E-state index in [1.54, 1.807) is 7.11 Å². The minimum absolute atomic E-state index is 0.00541. The van der Waals surface area contributed by atoms with E-state index in [4.69, 9.17) is 16.3 Å². The van der Waals surface area contributed by atoms with Crippen LogP contribution in [0.4, 0.5) is 4.39 Å². The predicted octanol–water partition coefficient (Wildman–Crippen LogP) is 3.05. The highest BCUT2D eigenvalue weighted by Gasteiger charge is 2.44. The van der Waals surface area contributed by atoms with Gasteiger partial charge in [-0.1, -0.05) is 11.6 Å². The summed E-state index contributed by atoms with van der Waals surface area (Å²) in [5.41, 5.74) is 0.743. The number of hydrogen-bond donors (Lipinski definition) is 0. The number of rotatable bonds is 3. The summed E-state index contributed by atoms with van der Waals surface area (Å²) >= 11 is 5.79. The van der Waals surface area contributed by atoms with E-state index in [9.17, 15) is 9.18 Å². The number of likely N-dealkylation sites (tertiary alicyclic amines) is 2. The van der Waals surface area contributed by atoms with Gasteiger partial charge in [0, 0.05) is 38.3 Å². The minimum Gasteiger partial charge on any atom is -0.383 e. The molecule has 6 heteroatoms. The van der Waals surface area contributed by atoms with E-state index in [-0.39, 0.29) is 16.3 Å². The molecule has 2 fully saturated rings. The monoisotopic (exact) mass is 354 g/mol. The van der Waals surface area contributed by atoms with Gasteiger partial charge in [-0.15, -0.1) is 0 Å². The van der Waals surface area contributed by atoms with Gasteiger partial charge in [-0.3, -0.25) is 4.79 Å². The van der Waals surface area contributed by atoms with Crippen LogP contribution in [0, 0.1) is 11.2 Å². The van der Waals surface area contributed by atoms with Crippen molar-refractivity contribution < 1.29 is 13.9 Å². The first-order chi connectivity index (χ1) is 11.4. The molecule has 3 rings (SSSR count). The number of hydrogen-bond acceptors (Lipinski definition) is 3. The van der Waals surface area contributed by atoms with Gasteiger partial charge in [0.1, 0.15) is 5.82 Å². The molecule has 0 radical (unpaired) electrons. The van der Waals surface area contributed by atoms with Crippen molar-refractivity contribution in [3.05, 3.63) is 34.6 Å². The number of carbonyl (C=O) groups is 1. The molecule has 1 atom stereocenters. The van der Waals surface area contributed by atoms with E-state index in [0.717, 1.165) is 45.5 Å². The Kier molecular flexibility index (Phi) is 5.13. The van der Waals surface area contributed by atoms with Crippen molar-refractivity contribution in [2.75, 3.05) is 40.4 Å². The lowest BCUT2D eigenvalue weighted by atomic mass is 9.76. The van der Waals surface area contributed by atoms with Gasteiger partial charge >= 0.3 is 0 Å². The van der Waals surface area contributed by atoms with Crippen molar-refractivity contribution in [1.29, 1.82) is 0 Å². The molecule has 2 aliphatic rings. The molecule has 1 aromatic carbocycles. The highest BCUT2D eigenvalue weighted by Crippen LogP contribution is 2.43. The molecule has 0 aliphatic carbocycles. The van der Waals surface area contributed by atoms with Gasteiger partial charge in [-0.25, -0.2) is 4.39 Å². The molecule has 2 aliphatic heterocycles. The van der Waals surface area contributed by atoms with Crippen molar-refractivity contribution in [3.8, 4) is 0 Å². The Hall–Kier alpha value is -1.17. The lowest BCUT2D eigenvalue weighted by Gasteiger charge is -2.39. The number of methoxy groups -OCH3 is 1. The molecule has 1 aromatic rings. The molecule has 2 saturated heterocycles. The standard InChI is InChI=1S/C18H24ClFN2O2/c1-21-12-18(10-14(21)11-24-2)5-7-22(8-6-18)17(23)13-3-4-16(20)15(19)9-13/h3-4,9,14H,5-8,10-12H2,1-2H3/t14-/m1/s1. The van der Waals surface area contributed by atoms with Crippen molar-refractivity contribution in [2.45, 2.75) is 25.3 Å². The number of nitrogens with zero attached hydrogens (tertiary/aromatic N) is 2. The summed E-state index contributed by atoms with van der Waals surface area (Å²) < 4.78 is 18.6. The normalized spacial score (nSPS) is 23.8. The topological polar surface area (TPSA) is 32.8 Å². The molecule has 0 unspecified atom stereocenters. The molecule has 0 N–H and O–H groups in total. The van der Waals surface area contributed by atoms with Gasteiger partial charge in [0.2, 0.25) is 0 Å². The Bertz CT molecular complexity index is 617. The lowest BCUT2D eigenvalue weighted by Crippen LogP contribution is -2.44. The van der Waals surface area contributed by atoms with Crippen LogP contribution < -0.4 is 0 Å². The summed E-state index contributed by atoms with van der Waals surface area (Å²) in [5.74, 6) is -0.560. The first kappa shape index (κ1) is 17.6. The molecular formula is C18H24ClFN2O2. The summed E-state index contributed by atoms with van der Waals surface area (Å²) in [6.45, 7) is 3.29. The molecule has 4 nitrogen and oxygen atoms in total.